The van der Waals surface area contributed by atoms with Crippen molar-refractivity contribution in [2.24, 2.45) is 0 Å². The first kappa shape index (κ1) is 13.2. The molecule has 98 valence electrons. The quantitative estimate of drug-likeness (QED) is 0.913. The van der Waals surface area contributed by atoms with Crippen molar-refractivity contribution in [3.63, 3.8) is 0 Å². The van der Waals surface area contributed by atoms with Gasteiger partial charge in [-0.15, -0.1) is 0 Å². The Hall–Kier alpha value is -2.23. The largest absolute Gasteiger partial charge is 0.481 e. The average Bonchev–Trinajstić information content (AvgIpc) is 2.40. The summed E-state index contributed by atoms with van der Waals surface area (Å²) in [6, 6.07) is 6.06. The topological polar surface area (TPSA) is 63.1 Å². The molecule has 0 saturated heterocycles. The zero-order chi connectivity index (χ0) is 13.8. The molecule has 1 heterocycles. The molecule has 0 aliphatic rings. The summed E-state index contributed by atoms with van der Waals surface area (Å²) in [5.41, 5.74) is 3.88. The number of carboxylic acids is 1. The van der Waals surface area contributed by atoms with Crippen LogP contribution < -0.4 is 0 Å². The average molecular weight is 256 g/mol. The highest BCUT2D eigenvalue weighted by atomic mass is 16.4. The zero-order valence-electron chi connectivity index (χ0n) is 11.0. The number of carboxylic acid groups (broad SMARTS) is 1. The van der Waals surface area contributed by atoms with Crippen LogP contribution in [0.25, 0.3) is 0 Å². The smallest absolute Gasteiger partial charge is 0.304 e. The minimum absolute atomic E-state index is 0.0169. The number of aromatic nitrogens is 2. The fourth-order valence-electron chi connectivity index (χ4n) is 2.17. The van der Waals surface area contributed by atoms with Gasteiger partial charge in [-0.1, -0.05) is 23.8 Å². The van der Waals surface area contributed by atoms with Crippen LogP contribution >= 0.6 is 0 Å². The van der Waals surface area contributed by atoms with Gasteiger partial charge in [0.25, 0.3) is 0 Å². The summed E-state index contributed by atoms with van der Waals surface area (Å²) in [7, 11) is 0. The minimum Gasteiger partial charge on any atom is -0.481 e. The van der Waals surface area contributed by atoms with Gasteiger partial charge >= 0.3 is 5.97 Å². The molecule has 2 aromatic rings. The molecule has 1 aromatic heterocycles. The SMILES string of the molecule is Cc1ccc(C)c(C(CC(=O)O)c2cnccn2)c1. The summed E-state index contributed by atoms with van der Waals surface area (Å²) >= 11 is 0. The molecule has 0 saturated carbocycles. The summed E-state index contributed by atoms with van der Waals surface area (Å²) in [4.78, 5) is 19.4. The molecule has 0 fully saturated rings. The Bertz CT molecular complexity index is 582. The number of hydrogen-bond acceptors (Lipinski definition) is 3. The van der Waals surface area contributed by atoms with Gasteiger partial charge in [-0.2, -0.15) is 0 Å². The van der Waals surface area contributed by atoms with Crippen molar-refractivity contribution in [1.82, 2.24) is 9.97 Å². The molecule has 0 bridgehead atoms. The number of carbonyl (C=O) groups is 1. The van der Waals surface area contributed by atoms with Crippen molar-refractivity contribution in [1.29, 1.82) is 0 Å². The first-order chi connectivity index (χ1) is 9.08. The van der Waals surface area contributed by atoms with E-state index in [1.807, 2.05) is 32.0 Å². The van der Waals surface area contributed by atoms with Crippen LogP contribution in [0.3, 0.4) is 0 Å². The van der Waals surface area contributed by atoms with Crippen molar-refractivity contribution in [3.05, 3.63) is 59.2 Å². The molecule has 1 N–H and O–H groups in total. The first-order valence-electron chi connectivity index (χ1n) is 6.13. The molecule has 0 aliphatic heterocycles. The lowest BCUT2D eigenvalue weighted by atomic mass is 9.88. The lowest BCUT2D eigenvalue weighted by Crippen LogP contribution is -2.11. The second-order valence-corrected chi connectivity index (χ2v) is 4.64. The summed E-state index contributed by atoms with van der Waals surface area (Å²) in [6.45, 7) is 3.98. The third-order valence-electron chi connectivity index (χ3n) is 3.13. The van der Waals surface area contributed by atoms with Crippen molar-refractivity contribution in [3.8, 4) is 0 Å². The highest BCUT2D eigenvalue weighted by Crippen LogP contribution is 2.29. The van der Waals surface area contributed by atoms with E-state index in [9.17, 15) is 4.79 Å². The van der Waals surface area contributed by atoms with Gasteiger partial charge in [-0.05, 0) is 25.0 Å². The van der Waals surface area contributed by atoms with Crippen LogP contribution in [0.15, 0.2) is 36.8 Å². The van der Waals surface area contributed by atoms with Crippen LogP contribution in [-0.2, 0) is 4.79 Å². The summed E-state index contributed by atoms with van der Waals surface area (Å²) in [6.07, 6.45) is 4.83. The summed E-state index contributed by atoms with van der Waals surface area (Å²) in [5, 5.41) is 9.12. The van der Waals surface area contributed by atoms with Crippen molar-refractivity contribution >= 4 is 5.97 Å². The second-order valence-electron chi connectivity index (χ2n) is 4.64. The molecule has 4 nitrogen and oxygen atoms in total. The van der Waals surface area contributed by atoms with E-state index in [0.717, 1.165) is 16.7 Å². The maximum atomic E-state index is 11.1. The number of benzene rings is 1. The highest BCUT2D eigenvalue weighted by Gasteiger charge is 2.21. The van der Waals surface area contributed by atoms with E-state index in [4.69, 9.17) is 5.11 Å². The van der Waals surface area contributed by atoms with E-state index in [1.54, 1.807) is 18.6 Å². The van der Waals surface area contributed by atoms with Gasteiger partial charge in [0.05, 0.1) is 12.1 Å². The van der Waals surface area contributed by atoms with E-state index >= 15 is 0 Å². The van der Waals surface area contributed by atoms with Crippen molar-refractivity contribution < 1.29 is 9.90 Å². The number of hydrogen-bond donors (Lipinski definition) is 1. The molecule has 19 heavy (non-hydrogen) atoms. The standard InChI is InChI=1S/C15H16N2O2/c1-10-3-4-11(2)12(7-10)13(8-15(18)19)14-9-16-5-6-17-14/h3-7,9,13H,8H2,1-2H3,(H,18,19). The third kappa shape index (κ3) is 3.16. The zero-order valence-corrected chi connectivity index (χ0v) is 11.0. The Morgan fingerprint density at radius 3 is 2.74 bits per heavy atom. The van der Waals surface area contributed by atoms with Gasteiger partial charge < -0.3 is 5.11 Å². The molecule has 0 amide bonds. The number of aliphatic carboxylic acids is 1. The number of rotatable bonds is 4. The van der Waals surface area contributed by atoms with Gasteiger partial charge in [-0.3, -0.25) is 14.8 Å². The Kier molecular flexibility index (Phi) is 3.90. The molecule has 4 heteroatoms. The van der Waals surface area contributed by atoms with Crippen molar-refractivity contribution in [2.45, 2.75) is 26.2 Å². The molecule has 0 spiro atoms. The second kappa shape index (κ2) is 5.61. The van der Waals surface area contributed by atoms with Crippen LogP contribution in [0.5, 0.6) is 0 Å². The number of aryl methyl sites for hydroxylation is 2. The maximum absolute atomic E-state index is 11.1. The molecule has 1 aromatic carbocycles. The van der Waals surface area contributed by atoms with Gasteiger partial charge in [0.2, 0.25) is 0 Å². The molecule has 0 aliphatic carbocycles. The summed E-state index contributed by atoms with van der Waals surface area (Å²) in [5.74, 6) is -1.09. The van der Waals surface area contributed by atoms with Crippen LogP contribution in [-0.4, -0.2) is 21.0 Å². The first-order valence-corrected chi connectivity index (χ1v) is 6.13. The predicted octanol–water partition coefficient (Wildman–Crippen LogP) is 2.70. The molecular formula is C15H16N2O2. The van der Waals surface area contributed by atoms with E-state index in [-0.39, 0.29) is 12.3 Å². The van der Waals surface area contributed by atoms with E-state index < -0.39 is 5.97 Å². The third-order valence-corrected chi connectivity index (χ3v) is 3.13. The normalized spacial score (nSPS) is 12.1. The lowest BCUT2D eigenvalue weighted by molar-refractivity contribution is -0.137. The number of nitrogens with zero attached hydrogens (tertiary/aromatic N) is 2. The minimum atomic E-state index is -0.837. The van der Waals surface area contributed by atoms with E-state index in [1.165, 1.54) is 0 Å². The lowest BCUT2D eigenvalue weighted by Gasteiger charge is -2.17. The summed E-state index contributed by atoms with van der Waals surface area (Å²) < 4.78 is 0. The molecule has 2 rings (SSSR count). The molecule has 1 atom stereocenters. The molecule has 1 unspecified atom stereocenters. The van der Waals surface area contributed by atoms with Gasteiger partial charge in [0.15, 0.2) is 0 Å². The monoisotopic (exact) mass is 256 g/mol. The highest BCUT2D eigenvalue weighted by molar-refractivity contribution is 5.69. The van der Waals surface area contributed by atoms with Gasteiger partial charge in [0, 0.05) is 24.5 Å². The predicted molar refractivity (Wildman–Crippen MR) is 72.0 cm³/mol. The van der Waals surface area contributed by atoms with Crippen LogP contribution in [0.4, 0.5) is 0 Å². The fraction of sp³-hybridized carbons (Fsp3) is 0.267. The van der Waals surface area contributed by atoms with Crippen LogP contribution in [0.1, 0.15) is 34.7 Å². The van der Waals surface area contributed by atoms with E-state index in [0.29, 0.717) is 5.69 Å². The van der Waals surface area contributed by atoms with Crippen LogP contribution in [0.2, 0.25) is 0 Å². The fourth-order valence-corrected chi connectivity index (χ4v) is 2.17. The molecule has 0 radical (unpaired) electrons. The van der Waals surface area contributed by atoms with E-state index in [2.05, 4.69) is 9.97 Å². The van der Waals surface area contributed by atoms with Crippen LogP contribution in [0, 0.1) is 13.8 Å². The Morgan fingerprint density at radius 1 is 1.32 bits per heavy atom. The van der Waals surface area contributed by atoms with Crippen molar-refractivity contribution in [2.75, 3.05) is 0 Å². The Balaban J connectivity index is 2.48. The maximum Gasteiger partial charge on any atom is 0.304 e. The van der Waals surface area contributed by atoms with Gasteiger partial charge in [-0.25, -0.2) is 0 Å². The van der Waals surface area contributed by atoms with Gasteiger partial charge in [0.1, 0.15) is 0 Å². The Morgan fingerprint density at radius 2 is 2.11 bits per heavy atom. The molecular weight excluding hydrogens is 240 g/mol. The Labute approximate surface area is 112 Å².